The molecule has 140 valence electrons. The van der Waals surface area contributed by atoms with Gasteiger partial charge in [-0.2, -0.15) is 26.3 Å². The molecule has 0 spiro atoms. The van der Waals surface area contributed by atoms with Crippen LogP contribution in [0.3, 0.4) is 0 Å². The zero-order valence-corrected chi connectivity index (χ0v) is 13.0. The van der Waals surface area contributed by atoms with Crippen molar-refractivity contribution < 1.29 is 35.9 Å². The predicted octanol–water partition coefficient (Wildman–Crippen LogP) is 3.97. The van der Waals surface area contributed by atoms with Crippen molar-refractivity contribution >= 4 is 5.91 Å². The van der Waals surface area contributed by atoms with Gasteiger partial charge < -0.3 is 10.1 Å². The molecule has 0 bridgehead atoms. The second-order valence-electron chi connectivity index (χ2n) is 5.15. The Hall–Kier alpha value is -2.78. The standard InChI is InChI=1S/C16H12F6N2O2/c17-15(18,19)9-26-13-3-1-2-10(6-13)14(25)24-8-12-5-4-11(7-23-12)16(20,21)22/h1-7H,8-9H2,(H,24,25). The van der Waals surface area contributed by atoms with Crippen molar-refractivity contribution in [3.63, 3.8) is 0 Å². The number of nitrogens with zero attached hydrogens (tertiary/aromatic N) is 1. The first-order chi connectivity index (χ1) is 12.0. The third-order valence-electron chi connectivity index (χ3n) is 3.08. The number of carbonyl (C=O) groups is 1. The largest absolute Gasteiger partial charge is 0.484 e. The average molecular weight is 378 g/mol. The van der Waals surface area contributed by atoms with E-state index in [2.05, 4.69) is 15.0 Å². The summed E-state index contributed by atoms with van der Waals surface area (Å²) in [7, 11) is 0. The van der Waals surface area contributed by atoms with E-state index in [1.807, 2.05) is 0 Å². The molecule has 0 aliphatic heterocycles. The second kappa shape index (κ2) is 7.63. The molecule has 1 amide bonds. The lowest BCUT2D eigenvalue weighted by Crippen LogP contribution is -2.23. The molecule has 4 nitrogen and oxygen atoms in total. The van der Waals surface area contributed by atoms with E-state index in [1.165, 1.54) is 18.2 Å². The molecule has 2 aromatic rings. The van der Waals surface area contributed by atoms with Gasteiger partial charge in [-0.05, 0) is 30.3 Å². The zero-order valence-electron chi connectivity index (χ0n) is 13.0. The molecule has 0 atom stereocenters. The van der Waals surface area contributed by atoms with Gasteiger partial charge >= 0.3 is 12.4 Å². The Bertz CT molecular complexity index is 757. The number of hydrogen-bond acceptors (Lipinski definition) is 3. The van der Waals surface area contributed by atoms with Gasteiger partial charge in [-0.3, -0.25) is 9.78 Å². The topological polar surface area (TPSA) is 51.2 Å². The van der Waals surface area contributed by atoms with E-state index >= 15 is 0 Å². The Labute approximate surface area is 143 Å². The van der Waals surface area contributed by atoms with Crippen LogP contribution in [0, 0.1) is 0 Å². The molecule has 0 unspecified atom stereocenters. The highest BCUT2D eigenvalue weighted by atomic mass is 19.4. The monoisotopic (exact) mass is 378 g/mol. The summed E-state index contributed by atoms with van der Waals surface area (Å²) in [6, 6.07) is 7.04. The van der Waals surface area contributed by atoms with E-state index in [0.717, 1.165) is 18.2 Å². The number of nitrogens with one attached hydrogen (secondary N) is 1. The number of ether oxygens (including phenoxy) is 1. The Morgan fingerprint density at radius 3 is 2.38 bits per heavy atom. The minimum absolute atomic E-state index is 0.0385. The summed E-state index contributed by atoms with van der Waals surface area (Å²) in [5.41, 5.74) is -0.686. The first kappa shape index (κ1) is 19.5. The fourth-order valence-corrected chi connectivity index (χ4v) is 1.86. The zero-order chi connectivity index (χ0) is 19.4. The van der Waals surface area contributed by atoms with Crippen molar-refractivity contribution in [1.82, 2.24) is 10.3 Å². The normalized spacial score (nSPS) is 11.9. The van der Waals surface area contributed by atoms with Crippen LogP contribution in [0.1, 0.15) is 21.6 Å². The Morgan fingerprint density at radius 2 is 1.81 bits per heavy atom. The molecule has 10 heteroatoms. The van der Waals surface area contributed by atoms with Crippen molar-refractivity contribution in [2.45, 2.75) is 18.9 Å². The van der Waals surface area contributed by atoms with E-state index in [-0.39, 0.29) is 23.6 Å². The van der Waals surface area contributed by atoms with Crippen LogP contribution in [0.25, 0.3) is 0 Å². The van der Waals surface area contributed by atoms with E-state index in [9.17, 15) is 31.1 Å². The summed E-state index contributed by atoms with van der Waals surface area (Å²) in [5, 5.41) is 2.41. The summed E-state index contributed by atoms with van der Waals surface area (Å²) in [5.74, 6) is -0.771. The van der Waals surface area contributed by atoms with Crippen LogP contribution in [0.5, 0.6) is 5.75 Å². The average Bonchev–Trinajstić information content (AvgIpc) is 2.57. The molecule has 0 radical (unpaired) electrons. The third kappa shape index (κ3) is 5.94. The molecule has 0 aliphatic carbocycles. The highest BCUT2D eigenvalue weighted by Crippen LogP contribution is 2.28. The van der Waals surface area contributed by atoms with E-state index in [1.54, 1.807) is 0 Å². The molecule has 0 saturated carbocycles. The molecule has 1 aromatic carbocycles. The van der Waals surface area contributed by atoms with E-state index in [4.69, 9.17) is 0 Å². The molecule has 26 heavy (non-hydrogen) atoms. The number of benzene rings is 1. The predicted molar refractivity (Wildman–Crippen MR) is 78.4 cm³/mol. The van der Waals surface area contributed by atoms with Gasteiger partial charge in [-0.1, -0.05) is 6.07 Å². The number of pyridine rings is 1. The van der Waals surface area contributed by atoms with Crippen molar-refractivity contribution in [2.75, 3.05) is 6.61 Å². The summed E-state index contributed by atoms with van der Waals surface area (Å²) in [6.07, 6.45) is -8.37. The number of aromatic nitrogens is 1. The minimum Gasteiger partial charge on any atom is -0.484 e. The number of hydrogen-bond donors (Lipinski definition) is 1. The molecule has 0 fully saturated rings. The maximum Gasteiger partial charge on any atom is 0.422 e. The van der Waals surface area contributed by atoms with Crippen LogP contribution < -0.4 is 10.1 Å². The van der Waals surface area contributed by atoms with E-state index in [0.29, 0.717) is 6.20 Å². The first-order valence-electron chi connectivity index (χ1n) is 7.14. The van der Waals surface area contributed by atoms with Crippen LogP contribution in [-0.2, 0) is 12.7 Å². The van der Waals surface area contributed by atoms with Gasteiger partial charge in [0.25, 0.3) is 5.91 Å². The van der Waals surface area contributed by atoms with Gasteiger partial charge in [0.05, 0.1) is 17.8 Å². The SMILES string of the molecule is O=C(NCc1ccc(C(F)(F)F)cn1)c1cccc(OCC(F)(F)F)c1. The molecule has 1 aromatic heterocycles. The highest BCUT2D eigenvalue weighted by molar-refractivity contribution is 5.94. The van der Waals surface area contributed by atoms with Gasteiger partial charge in [0.1, 0.15) is 5.75 Å². The molecule has 1 heterocycles. The molecular weight excluding hydrogens is 366 g/mol. The molecule has 1 N–H and O–H groups in total. The second-order valence-corrected chi connectivity index (χ2v) is 5.15. The van der Waals surface area contributed by atoms with Crippen LogP contribution in [0.4, 0.5) is 26.3 Å². The fraction of sp³-hybridized carbons (Fsp3) is 0.250. The Balaban J connectivity index is 1.95. The summed E-state index contributed by atoms with van der Waals surface area (Å²) < 4.78 is 78.2. The lowest BCUT2D eigenvalue weighted by atomic mass is 10.2. The van der Waals surface area contributed by atoms with Gasteiger partial charge in [-0.15, -0.1) is 0 Å². The Morgan fingerprint density at radius 1 is 1.08 bits per heavy atom. The third-order valence-corrected chi connectivity index (χ3v) is 3.08. The lowest BCUT2D eigenvalue weighted by molar-refractivity contribution is -0.153. The van der Waals surface area contributed by atoms with Crippen molar-refractivity contribution in [3.05, 3.63) is 59.4 Å². The minimum atomic E-state index is -4.51. The van der Waals surface area contributed by atoms with Gasteiger partial charge in [0, 0.05) is 11.8 Å². The molecule has 0 aliphatic rings. The number of carbonyl (C=O) groups excluding carboxylic acids is 1. The van der Waals surface area contributed by atoms with Gasteiger partial charge in [0.15, 0.2) is 6.61 Å². The smallest absolute Gasteiger partial charge is 0.422 e. The maximum atomic E-state index is 12.4. The fourth-order valence-electron chi connectivity index (χ4n) is 1.86. The number of halogens is 6. The van der Waals surface area contributed by atoms with Crippen molar-refractivity contribution in [2.24, 2.45) is 0 Å². The molecule has 2 rings (SSSR count). The molecule has 0 saturated heterocycles. The first-order valence-corrected chi connectivity index (χ1v) is 7.14. The summed E-state index contributed by atoms with van der Waals surface area (Å²) >= 11 is 0. The number of rotatable bonds is 5. The van der Waals surface area contributed by atoms with Crippen LogP contribution in [0.2, 0.25) is 0 Å². The lowest BCUT2D eigenvalue weighted by Gasteiger charge is -2.11. The van der Waals surface area contributed by atoms with Crippen molar-refractivity contribution in [1.29, 1.82) is 0 Å². The summed E-state index contributed by atoms with van der Waals surface area (Å²) in [4.78, 5) is 15.6. The quantitative estimate of drug-likeness (QED) is 0.801. The van der Waals surface area contributed by atoms with E-state index < -0.39 is 30.4 Å². The van der Waals surface area contributed by atoms with Crippen LogP contribution in [-0.4, -0.2) is 23.7 Å². The van der Waals surface area contributed by atoms with Crippen LogP contribution >= 0.6 is 0 Å². The maximum absolute atomic E-state index is 12.4. The number of amides is 1. The summed E-state index contributed by atoms with van der Waals surface area (Å²) in [6.45, 7) is -1.64. The Kier molecular flexibility index (Phi) is 5.73. The highest BCUT2D eigenvalue weighted by Gasteiger charge is 2.30. The van der Waals surface area contributed by atoms with Crippen LogP contribution in [0.15, 0.2) is 42.6 Å². The van der Waals surface area contributed by atoms with Gasteiger partial charge in [0.2, 0.25) is 0 Å². The van der Waals surface area contributed by atoms with Crippen molar-refractivity contribution in [3.8, 4) is 5.75 Å². The number of alkyl halides is 6. The van der Waals surface area contributed by atoms with Gasteiger partial charge in [-0.25, -0.2) is 0 Å². The molecular formula is C16H12F6N2O2.